The van der Waals surface area contributed by atoms with Gasteiger partial charge in [0.1, 0.15) is 23.7 Å². The van der Waals surface area contributed by atoms with Crippen molar-refractivity contribution in [3.8, 4) is 0 Å². The normalized spacial score (nSPS) is 18.8. The maximum atomic E-state index is 12.8. The molecule has 0 aliphatic carbocycles. The number of nitrogens with one attached hydrogen (secondary N) is 2. The van der Waals surface area contributed by atoms with Gasteiger partial charge in [0.2, 0.25) is 5.91 Å². The summed E-state index contributed by atoms with van der Waals surface area (Å²) in [5.41, 5.74) is -0.478. The van der Waals surface area contributed by atoms with Gasteiger partial charge in [-0.1, -0.05) is 5.16 Å². The molecule has 0 bridgehead atoms. The van der Waals surface area contributed by atoms with E-state index in [1.807, 2.05) is 0 Å². The van der Waals surface area contributed by atoms with Crippen molar-refractivity contribution in [3.63, 3.8) is 0 Å². The topological polar surface area (TPSA) is 194 Å². The maximum absolute atomic E-state index is 12.8. The van der Waals surface area contributed by atoms with Crippen LogP contribution in [-0.2, 0) is 39.1 Å². The number of aromatic nitrogens is 1. The summed E-state index contributed by atoms with van der Waals surface area (Å²) < 4.78 is 36.2. The first kappa shape index (κ1) is 25.4. The highest BCUT2D eigenvalue weighted by Crippen LogP contribution is 2.25. The molecule has 1 saturated heterocycles. The van der Waals surface area contributed by atoms with Crippen LogP contribution in [0.25, 0.3) is 0 Å². The average molecular weight is 512 g/mol. The second-order valence-corrected chi connectivity index (χ2v) is 8.76. The minimum atomic E-state index is -5.08. The minimum absolute atomic E-state index is 0.0500. The van der Waals surface area contributed by atoms with E-state index in [0.29, 0.717) is 0 Å². The minimum Gasteiger partial charge on any atom is -0.467 e. The quantitative estimate of drug-likeness (QED) is 0.0935. The number of alkyl halides is 1. The summed E-state index contributed by atoms with van der Waals surface area (Å²) in [5, 5.41) is 9.70. The molecule has 1 aromatic rings. The number of hydrogen-bond acceptors (Lipinski definition) is 11. The Bertz CT molecular complexity index is 1060. The molecule has 2 unspecified atom stereocenters. The Morgan fingerprint density at radius 1 is 1.41 bits per heavy atom. The number of hydrogen-bond donors (Lipinski definition) is 3. The molecule has 2 heterocycles. The van der Waals surface area contributed by atoms with Crippen molar-refractivity contribution in [2.45, 2.75) is 32.0 Å². The molecule has 0 saturated carbocycles. The molecule has 2 atom stereocenters. The summed E-state index contributed by atoms with van der Waals surface area (Å²) in [5.74, 6) is -4.37. The number of carbonyl (C=O) groups is 4. The maximum Gasteiger partial charge on any atom is 0.363 e. The van der Waals surface area contributed by atoms with Gasteiger partial charge in [-0.3, -0.25) is 18.9 Å². The summed E-state index contributed by atoms with van der Waals surface area (Å²) in [6, 6.07) is -3.50. The summed E-state index contributed by atoms with van der Waals surface area (Å²) in [7, 11) is -4.15. The highest BCUT2D eigenvalue weighted by atomic mass is 35.5. The van der Waals surface area contributed by atoms with Crippen LogP contribution in [-0.4, -0.2) is 82.8 Å². The third-order valence-corrected chi connectivity index (χ3v) is 5.62. The molecule has 14 nitrogen and oxygen atoms in total. The van der Waals surface area contributed by atoms with Crippen molar-refractivity contribution in [3.05, 3.63) is 11.1 Å². The number of nitrogens with zero attached hydrogens (tertiary/aromatic N) is 3. The summed E-state index contributed by atoms with van der Waals surface area (Å²) >= 11 is 6.36. The van der Waals surface area contributed by atoms with Gasteiger partial charge in [-0.15, -0.1) is 22.9 Å². The molecule has 0 spiro atoms. The highest BCUT2D eigenvalue weighted by molar-refractivity contribution is 7.84. The molecule has 3 N–H and O–H groups in total. The first-order valence-corrected chi connectivity index (χ1v) is 11.5. The van der Waals surface area contributed by atoms with E-state index in [0.717, 1.165) is 18.4 Å². The van der Waals surface area contributed by atoms with E-state index in [9.17, 15) is 27.6 Å². The highest BCUT2D eigenvalue weighted by Gasteiger charge is 2.58. The van der Waals surface area contributed by atoms with Gasteiger partial charge in [0, 0.05) is 5.38 Å². The van der Waals surface area contributed by atoms with Crippen LogP contribution in [0.4, 0.5) is 5.13 Å². The van der Waals surface area contributed by atoms with Gasteiger partial charge >= 0.3 is 16.3 Å². The van der Waals surface area contributed by atoms with E-state index in [1.165, 1.54) is 5.38 Å². The van der Waals surface area contributed by atoms with Gasteiger partial charge in [0.15, 0.2) is 16.9 Å². The fourth-order valence-electron chi connectivity index (χ4n) is 2.38. The van der Waals surface area contributed by atoms with Crippen LogP contribution in [0.2, 0.25) is 0 Å². The molecule has 3 amide bonds. The number of esters is 1. The Morgan fingerprint density at radius 2 is 2.06 bits per heavy atom. The zero-order chi connectivity index (χ0) is 24.2. The SMILES string of the molecule is COC(=O)C1C(NC(=O)C(=NOC(C)C)c2csc(NC(=O)CCl)n2)C(=O)N1S(=O)(=O)O. The van der Waals surface area contributed by atoms with Gasteiger partial charge in [-0.2, -0.15) is 12.7 Å². The molecule has 0 radical (unpaired) electrons. The Kier molecular flexibility index (Phi) is 8.11. The number of methoxy groups -OCH3 is 1. The summed E-state index contributed by atoms with van der Waals surface area (Å²) in [6.07, 6.45) is -0.449. The first-order valence-electron chi connectivity index (χ1n) is 8.65. The van der Waals surface area contributed by atoms with Crippen LogP contribution in [0.5, 0.6) is 0 Å². The van der Waals surface area contributed by atoms with Crippen molar-refractivity contribution in [1.29, 1.82) is 0 Å². The third kappa shape index (κ3) is 5.70. The number of anilines is 1. The van der Waals surface area contributed by atoms with Crippen LogP contribution in [0.3, 0.4) is 0 Å². The Morgan fingerprint density at radius 3 is 2.59 bits per heavy atom. The van der Waals surface area contributed by atoms with Crippen LogP contribution >= 0.6 is 22.9 Å². The van der Waals surface area contributed by atoms with Gasteiger partial charge in [-0.05, 0) is 13.8 Å². The van der Waals surface area contributed by atoms with Gasteiger partial charge < -0.3 is 20.2 Å². The molecule has 17 heteroatoms. The Balaban J connectivity index is 2.31. The van der Waals surface area contributed by atoms with E-state index in [2.05, 4.69) is 25.5 Å². The van der Waals surface area contributed by atoms with Crippen LogP contribution in [0.1, 0.15) is 19.5 Å². The molecule has 1 aliphatic rings. The van der Waals surface area contributed by atoms with E-state index < -0.39 is 57.9 Å². The predicted octanol–water partition coefficient (Wildman–Crippen LogP) is -0.879. The lowest BCUT2D eigenvalue weighted by Gasteiger charge is -2.41. The van der Waals surface area contributed by atoms with Gasteiger partial charge in [-0.25, -0.2) is 9.78 Å². The summed E-state index contributed by atoms with van der Waals surface area (Å²) in [6.45, 7) is 3.25. The number of carbonyl (C=O) groups excluding carboxylic acids is 4. The number of rotatable bonds is 9. The smallest absolute Gasteiger partial charge is 0.363 e. The molecular weight excluding hydrogens is 494 g/mol. The van der Waals surface area contributed by atoms with Crippen LogP contribution < -0.4 is 10.6 Å². The predicted molar refractivity (Wildman–Crippen MR) is 110 cm³/mol. The Labute approximate surface area is 190 Å². The molecule has 1 aliphatic heterocycles. The van der Waals surface area contributed by atoms with Gasteiger partial charge in [0.25, 0.3) is 11.8 Å². The molecule has 32 heavy (non-hydrogen) atoms. The average Bonchev–Trinajstić information content (AvgIpc) is 3.15. The van der Waals surface area contributed by atoms with E-state index in [1.54, 1.807) is 13.8 Å². The largest absolute Gasteiger partial charge is 0.467 e. The lowest BCUT2D eigenvalue weighted by Crippen LogP contribution is -2.74. The second-order valence-electron chi connectivity index (χ2n) is 6.34. The second kappa shape index (κ2) is 10.2. The molecule has 0 aromatic carbocycles. The number of oxime groups is 1. The number of ether oxygens (including phenoxy) is 1. The summed E-state index contributed by atoms with van der Waals surface area (Å²) in [4.78, 5) is 57.4. The standard InChI is InChI=1S/C15H18ClN5O9S2/c1-6(2)30-20-9(7-5-31-15(17-7)18-8(22)4-16)12(23)19-10-11(14(25)29-3)21(13(10)24)32(26,27)28/h5-6,10-11H,4H2,1-3H3,(H,19,23)(H,17,18,22)(H,26,27,28). The monoisotopic (exact) mass is 511 g/mol. The van der Waals surface area contributed by atoms with Crippen molar-refractivity contribution >= 4 is 67.8 Å². The number of thiazole rings is 1. The van der Waals surface area contributed by atoms with Crippen molar-refractivity contribution in [2.75, 3.05) is 18.3 Å². The van der Waals surface area contributed by atoms with Crippen molar-refractivity contribution in [1.82, 2.24) is 14.6 Å². The number of halogens is 1. The fraction of sp³-hybridized carbons (Fsp3) is 0.467. The molecule has 176 valence electrons. The number of β-lactam (4-membered cyclic amide) rings is 1. The zero-order valence-corrected chi connectivity index (χ0v) is 19.2. The lowest BCUT2D eigenvalue weighted by atomic mass is 9.98. The molecular formula is C15H18ClN5O9S2. The third-order valence-electron chi connectivity index (χ3n) is 3.71. The van der Waals surface area contributed by atoms with E-state index in [-0.39, 0.29) is 21.0 Å². The number of amides is 3. The fourth-order valence-corrected chi connectivity index (χ4v) is 3.99. The van der Waals surface area contributed by atoms with Crippen LogP contribution in [0, 0.1) is 0 Å². The van der Waals surface area contributed by atoms with E-state index in [4.69, 9.17) is 21.0 Å². The van der Waals surface area contributed by atoms with E-state index >= 15 is 0 Å². The van der Waals surface area contributed by atoms with Gasteiger partial charge in [0.05, 0.1) is 7.11 Å². The molecule has 1 fully saturated rings. The molecule has 2 rings (SSSR count). The van der Waals surface area contributed by atoms with Crippen molar-refractivity contribution in [2.24, 2.45) is 5.16 Å². The first-order chi connectivity index (χ1) is 14.9. The van der Waals surface area contributed by atoms with Crippen molar-refractivity contribution < 1.29 is 41.7 Å². The molecule has 1 aromatic heterocycles. The van der Waals surface area contributed by atoms with Crippen LogP contribution in [0.15, 0.2) is 10.5 Å². The lowest BCUT2D eigenvalue weighted by molar-refractivity contribution is -0.162. The zero-order valence-electron chi connectivity index (χ0n) is 16.8. The Hall–Kier alpha value is -2.82.